The molecular weight excluding hydrogens is 216 g/mol. The Morgan fingerprint density at radius 2 is 2.29 bits per heavy atom. The molecule has 2 aliphatic rings. The predicted octanol–water partition coefficient (Wildman–Crippen LogP) is 1.40. The quantitative estimate of drug-likeness (QED) is 0.799. The van der Waals surface area contributed by atoms with Crippen LogP contribution in [0.1, 0.15) is 29.0 Å². The maximum absolute atomic E-state index is 12.3. The fraction of sp³-hybridized carbons (Fsp3) is 0.615. The van der Waals surface area contributed by atoms with Gasteiger partial charge in [-0.3, -0.25) is 4.79 Å². The van der Waals surface area contributed by atoms with Crippen LogP contribution in [0.15, 0.2) is 16.7 Å². The molecule has 0 bridgehead atoms. The van der Waals surface area contributed by atoms with E-state index in [-0.39, 0.29) is 11.9 Å². The molecule has 4 nitrogen and oxygen atoms in total. The largest absolute Gasteiger partial charge is 0.469 e. The lowest BCUT2D eigenvalue weighted by atomic mass is 9.98. The van der Waals surface area contributed by atoms with Crippen molar-refractivity contribution in [2.45, 2.75) is 25.8 Å². The minimum Gasteiger partial charge on any atom is -0.469 e. The zero-order valence-corrected chi connectivity index (χ0v) is 10.1. The topological polar surface area (TPSA) is 59.5 Å². The summed E-state index contributed by atoms with van der Waals surface area (Å²) >= 11 is 0. The fourth-order valence-corrected chi connectivity index (χ4v) is 3.25. The first kappa shape index (κ1) is 10.8. The number of nitrogens with zero attached hydrogens (tertiary/aromatic N) is 1. The van der Waals surface area contributed by atoms with Crippen LogP contribution in [0.2, 0.25) is 0 Å². The van der Waals surface area contributed by atoms with Crippen molar-refractivity contribution < 1.29 is 9.21 Å². The van der Waals surface area contributed by atoms with Crippen molar-refractivity contribution in [3.63, 3.8) is 0 Å². The van der Waals surface area contributed by atoms with E-state index < -0.39 is 0 Å². The number of nitrogens with two attached hydrogens (primary N) is 1. The standard InChI is InChI=1S/C13H18N2O2/c1-8-10(4-5-17-8)13(16)15-6-9-2-3-12(14)11(9)7-15/h4-5,9,11-12H,2-3,6-7,14H2,1H3. The van der Waals surface area contributed by atoms with Gasteiger partial charge in [0.25, 0.3) is 5.91 Å². The Hall–Kier alpha value is -1.29. The van der Waals surface area contributed by atoms with Gasteiger partial charge < -0.3 is 15.1 Å². The summed E-state index contributed by atoms with van der Waals surface area (Å²) in [6, 6.07) is 2.04. The minimum absolute atomic E-state index is 0.0952. The summed E-state index contributed by atoms with van der Waals surface area (Å²) in [4.78, 5) is 14.2. The van der Waals surface area contributed by atoms with E-state index in [0.717, 1.165) is 19.5 Å². The number of hydrogen-bond donors (Lipinski definition) is 1. The van der Waals surface area contributed by atoms with Crippen LogP contribution in [0.5, 0.6) is 0 Å². The average molecular weight is 234 g/mol. The number of rotatable bonds is 1. The lowest BCUT2D eigenvalue weighted by molar-refractivity contribution is 0.0778. The van der Waals surface area contributed by atoms with Gasteiger partial charge in [0.05, 0.1) is 11.8 Å². The van der Waals surface area contributed by atoms with Gasteiger partial charge in [0.2, 0.25) is 0 Å². The van der Waals surface area contributed by atoms with Gasteiger partial charge in [0.1, 0.15) is 5.76 Å². The molecule has 0 radical (unpaired) electrons. The number of aryl methyl sites for hydroxylation is 1. The van der Waals surface area contributed by atoms with Crippen molar-refractivity contribution >= 4 is 5.91 Å². The van der Waals surface area contributed by atoms with E-state index in [1.165, 1.54) is 6.42 Å². The molecule has 2 N–H and O–H groups in total. The molecule has 92 valence electrons. The van der Waals surface area contributed by atoms with Crippen LogP contribution < -0.4 is 5.73 Å². The number of furan rings is 1. The van der Waals surface area contributed by atoms with Gasteiger partial charge in [-0.2, -0.15) is 0 Å². The highest BCUT2D eigenvalue weighted by Crippen LogP contribution is 2.37. The molecular formula is C13H18N2O2. The first-order valence-corrected chi connectivity index (χ1v) is 6.26. The number of carbonyl (C=O) groups excluding carboxylic acids is 1. The highest BCUT2D eigenvalue weighted by molar-refractivity contribution is 5.95. The molecule has 1 saturated carbocycles. The second-order valence-electron chi connectivity index (χ2n) is 5.27. The van der Waals surface area contributed by atoms with Crippen LogP contribution >= 0.6 is 0 Å². The second-order valence-corrected chi connectivity index (χ2v) is 5.27. The molecule has 17 heavy (non-hydrogen) atoms. The van der Waals surface area contributed by atoms with Crippen molar-refractivity contribution in [3.05, 3.63) is 23.7 Å². The van der Waals surface area contributed by atoms with Crippen LogP contribution in [0.25, 0.3) is 0 Å². The van der Waals surface area contributed by atoms with Gasteiger partial charge in [-0.1, -0.05) is 0 Å². The summed E-state index contributed by atoms with van der Waals surface area (Å²) in [5.74, 6) is 1.92. The lowest BCUT2D eigenvalue weighted by Crippen LogP contribution is -2.33. The fourth-order valence-electron chi connectivity index (χ4n) is 3.25. The Morgan fingerprint density at radius 1 is 1.47 bits per heavy atom. The second kappa shape index (κ2) is 3.88. The summed E-state index contributed by atoms with van der Waals surface area (Å²) in [5.41, 5.74) is 6.77. The van der Waals surface area contributed by atoms with Crippen molar-refractivity contribution in [2.75, 3.05) is 13.1 Å². The molecule has 4 heteroatoms. The molecule has 2 heterocycles. The predicted molar refractivity (Wildman–Crippen MR) is 63.5 cm³/mol. The van der Waals surface area contributed by atoms with Crippen LogP contribution in [-0.4, -0.2) is 29.9 Å². The summed E-state index contributed by atoms with van der Waals surface area (Å²) in [7, 11) is 0. The van der Waals surface area contributed by atoms with E-state index in [1.54, 1.807) is 12.3 Å². The smallest absolute Gasteiger partial charge is 0.257 e. The van der Waals surface area contributed by atoms with E-state index in [9.17, 15) is 4.79 Å². The first-order valence-electron chi connectivity index (χ1n) is 6.26. The van der Waals surface area contributed by atoms with E-state index in [4.69, 9.17) is 10.2 Å². The molecule has 3 rings (SSSR count). The molecule has 3 unspecified atom stereocenters. The summed E-state index contributed by atoms with van der Waals surface area (Å²) in [6.07, 6.45) is 3.85. The lowest BCUT2D eigenvalue weighted by Gasteiger charge is -2.18. The number of hydrogen-bond acceptors (Lipinski definition) is 3. The third-order valence-electron chi connectivity index (χ3n) is 4.29. The van der Waals surface area contributed by atoms with E-state index in [2.05, 4.69) is 0 Å². The van der Waals surface area contributed by atoms with Gasteiger partial charge in [-0.05, 0) is 37.7 Å². The van der Waals surface area contributed by atoms with Crippen LogP contribution in [0, 0.1) is 18.8 Å². The van der Waals surface area contributed by atoms with Crippen LogP contribution in [-0.2, 0) is 0 Å². The van der Waals surface area contributed by atoms with Gasteiger partial charge >= 0.3 is 0 Å². The molecule has 0 aromatic carbocycles. The Bertz CT molecular complexity index is 440. The van der Waals surface area contributed by atoms with Crippen molar-refractivity contribution in [1.29, 1.82) is 0 Å². The third-order valence-corrected chi connectivity index (χ3v) is 4.29. The first-order chi connectivity index (χ1) is 8.16. The monoisotopic (exact) mass is 234 g/mol. The van der Waals surface area contributed by atoms with Crippen molar-refractivity contribution in [3.8, 4) is 0 Å². The molecule has 2 fully saturated rings. The molecule has 1 aliphatic heterocycles. The van der Waals surface area contributed by atoms with Gasteiger partial charge in [0, 0.05) is 19.1 Å². The summed E-state index contributed by atoms with van der Waals surface area (Å²) in [6.45, 7) is 3.51. The highest BCUT2D eigenvalue weighted by Gasteiger charge is 2.42. The Kier molecular flexibility index (Phi) is 2.47. The number of carbonyl (C=O) groups is 1. The van der Waals surface area contributed by atoms with Gasteiger partial charge in [-0.15, -0.1) is 0 Å². The van der Waals surface area contributed by atoms with Crippen molar-refractivity contribution in [1.82, 2.24) is 4.90 Å². The molecule has 1 amide bonds. The summed E-state index contributed by atoms with van der Waals surface area (Å²) in [5, 5.41) is 0. The van der Waals surface area contributed by atoms with Crippen LogP contribution in [0.3, 0.4) is 0 Å². The van der Waals surface area contributed by atoms with E-state index in [1.807, 2.05) is 11.8 Å². The molecule has 3 atom stereocenters. The van der Waals surface area contributed by atoms with E-state index in [0.29, 0.717) is 23.2 Å². The van der Waals surface area contributed by atoms with Crippen LogP contribution in [0.4, 0.5) is 0 Å². The SMILES string of the molecule is Cc1occc1C(=O)N1CC2CCC(N)C2C1. The maximum Gasteiger partial charge on any atom is 0.257 e. The average Bonchev–Trinajstić information content (AvgIpc) is 2.96. The van der Waals surface area contributed by atoms with E-state index >= 15 is 0 Å². The molecule has 1 aromatic rings. The normalized spacial score (nSPS) is 31.9. The Balaban J connectivity index is 1.75. The minimum atomic E-state index is 0.0952. The molecule has 1 saturated heterocycles. The molecule has 1 aliphatic carbocycles. The summed E-state index contributed by atoms with van der Waals surface area (Å²) < 4.78 is 5.19. The zero-order valence-electron chi connectivity index (χ0n) is 10.1. The molecule has 1 aromatic heterocycles. The Labute approximate surface area is 101 Å². The number of likely N-dealkylation sites (tertiary alicyclic amines) is 1. The zero-order chi connectivity index (χ0) is 12.0. The van der Waals surface area contributed by atoms with Gasteiger partial charge in [-0.25, -0.2) is 0 Å². The highest BCUT2D eigenvalue weighted by atomic mass is 16.3. The van der Waals surface area contributed by atoms with Gasteiger partial charge in [0.15, 0.2) is 0 Å². The Morgan fingerprint density at radius 3 is 2.94 bits per heavy atom. The third kappa shape index (κ3) is 1.67. The van der Waals surface area contributed by atoms with Crippen molar-refractivity contribution in [2.24, 2.45) is 17.6 Å². The maximum atomic E-state index is 12.3. The number of fused-ring (bicyclic) bond motifs is 1. The number of amides is 1. The molecule has 0 spiro atoms.